The van der Waals surface area contributed by atoms with E-state index in [0.29, 0.717) is 11.6 Å². The number of benzene rings is 1. The second-order valence-electron chi connectivity index (χ2n) is 3.96. The van der Waals surface area contributed by atoms with Crippen LogP contribution in [0.25, 0.3) is 0 Å². The van der Waals surface area contributed by atoms with Gasteiger partial charge in [-0.2, -0.15) is 0 Å². The first-order valence-corrected chi connectivity index (χ1v) is 5.61. The van der Waals surface area contributed by atoms with E-state index in [4.69, 9.17) is 5.73 Å². The fourth-order valence-corrected chi connectivity index (χ4v) is 1.68. The van der Waals surface area contributed by atoms with Crippen molar-refractivity contribution in [3.05, 3.63) is 47.8 Å². The molecule has 0 fully saturated rings. The van der Waals surface area contributed by atoms with Crippen molar-refractivity contribution < 1.29 is 0 Å². The first kappa shape index (κ1) is 11.4. The van der Waals surface area contributed by atoms with Gasteiger partial charge < -0.3 is 11.1 Å². The Bertz CT molecular complexity index is 496. The van der Waals surface area contributed by atoms with Crippen LogP contribution in [0.4, 0.5) is 11.6 Å². The lowest BCUT2D eigenvalue weighted by atomic mass is 10.1. The molecule has 4 nitrogen and oxygen atoms in total. The van der Waals surface area contributed by atoms with Gasteiger partial charge in [-0.25, -0.2) is 9.97 Å². The summed E-state index contributed by atoms with van der Waals surface area (Å²) in [6, 6.07) is 8.47. The smallest absolute Gasteiger partial charge is 0.168 e. The predicted octanol–water partition coefficient (Wildman–Crippen LogP) is 2.02. The zero-order chi connectivity index (χ0) is 12.1. The molecule has 0 saturated heterocycles. The largest absolute Gasteiger partial charge is 0.381 e. The Morgan fingerprint density at radius 3 is 2.82 bits per heavy atom. The summed E-state index contributed by atoms with van der Waals surface area (Å²) < 4.78 is 0. The maximum Gasteiger partial charge on any atom is 0.168 e. The SMILES string of the molecule is Cc1cccc(CCNc2nccnc2N)c1. The van der Waals surface area contributed by atoms with Gasteiger partial charge >= 0.3 is 0 Å². The van der Waals surface area contributed by atoms with Crippen LogP contribution in [0.15, 0.2) is 36.7 Å². The van der Waals surface area contributed by atoms with Gasteiger partial charge in [-0.1, -0.05) is 29.8 Å². The van der Waals surface area contributed by atoms with Crippen LogP contribution < -0.4 is 11.1 Å². The number of nitrogens with zero attached hydrogens (tertiary/aromatic N) is 2. The summed E-state index contributed by atoms with van der Waals surface area (Å²) in [5.74, 6) is 1.09. The van der Waals surface area contributed by atoms with E-state index in [1.165, 1.54) is 11.1 Å². The predicted molar refractivity (Wildman–Crippen MR) is 69.8 cm³/mol. The third-order valence-corrected chi connectivity index (χ3v) is 2.52. The highest BCUT2D eigenvalue weighted by atomic mass is 15.0. The quantitative estimate of drug-likeness (QED) is 0.840. The normalized spacial score (nSPS) is 10.2. The average Bonchev–Trinajstić information content (AvgIpc) is 2.32. The zero-order valence-electron chi connectivity index (χ0n) is 9.85. The van der Waals surface area contributed by atoms with Crippen LogP contribution in [0.2, 0.25) is 0 Å². The lowest BCUT2D eigenvalue weighted by Gasteiger charge is -2.07. The summed E-state index contributed by atoms with van der Waals surface area (Å²) in [4.78, 5) is 8.10. The molecule has 0 atom stereocenters. The van der Waals surface area contributed by atoms with Gasteiger partial charge in [0.15, 0.2) is 11.6 Å². The fraction of sp³-hybridized carbons (Fsp3) is 0.231. The Morgan fingerprint density at radius 2 is 2.06 bits per heavy atom. The minimum absolute atomic E-state index is 0.441. The van der Waals surface area contributed by atoms with Gasteiger partial charge in [0.05, 0.1) is 0 Å². The number of anilines is 2. The van der Waals surface area contributed by atoms with Crippen LogP contribution in [-0.4, -0.2) is 16.5 Å². The van der Waals surface area contributed by atoms with Crippen LogP contribution >= 0.6 is 0 Å². The first-order valence-electron chi connectivity index (χ1n) is 5.61. The van der Waals surface area contributed by atoms with Crippen molar-refractivity contribution >= 4 is 11.6 Å². The van der Waals surface area contributed by atoms with E-state index < -0.39 is 0 Å². The molecule has 17 heavy (non-hydrogen) atoms. The molecular formula is C13H16N4. The number of aryl methyl sites for hydroxylation is 1. The molecule has 0 aliphatic heterocycles. The molecule has 2 aromatic rings. The van der Waals surface area contributed by atoms with Crippen LogP contribution in [-0.2, 0) is 6.42 Å². The highest BCUT2D eigenvalue weighted by molar-refractivity contribution is 5.54. The molecule has 0 saturated carbocycles. The van der Waals surface area contributed by atoms with E-state index in [-0.39, 0.29) is 0 Å². The van der Waals surface area contributed by atoms with Crippen molar-refractivity contribution in [2.24, 2.45) is 0 Å². The summed E-state index contributed by atoms with van der Waals surface area (Å²) in [7, 11) is 0. The maximum absolute atomic E-state index is 5.69. The number of nitrogen functional groups attached to an aromatic ring is 1. The molecule has 2 rings (SSSR count). The Kier molecular flexibility index (Phi) is 3.55. The minimum atomic E-state index is 0.441. The number of hydrogen-bond donors (Lipinski definition) is 2. The van der Waals surface area contributed by atoms with Crippen molar-refractivity contribution in [1.82, 2.24) is 9.97 Å². The highest BCUT2D eigenvalue weighted by Gasteiger charge is 1.99. The summed E-state index contributed by atoms with van der Waals surface area (Å²) in [5, 5.41) is 3.18. The fourth-order valence-electron chi connectivity index (χ4n) is 1.68. The second-order valence-corrected chi connectivity index (χ2v) is 3.96. The third-order valence-electron chi connectivity index (χ3n) is 2.52. The van der Waals surface area contributed by atoms with Crippen LogP contribution in [0, 0.1) is 6.92 Å². The van der Waals surface area contributed by atoms with Crippen molar-refractivity contribution in [3.8, 4) is 0 Å². The number of aromatic nitrogens is 2. The Balaban J connectivity index is 1.90. The van der Waals surface area contributed by atoms with Gasteiger partial charge in [0.1, 0.15) is 0 Å². The van der Waals surface area contributed by atoms with Crippen LogP contribution in [0.5, 0.6) is 0 Å². The van der Waals surface area contributed by atoms with Crippen molar-refractivity contribution in [2.45, 2.75) is 13.3 Å². The molecule has 0 spiro atoms. The van der Waals surface area contributed by atoms with E-state index in [1.54, 1.807) is 12.4 Å². The number of nitrogens with one attached hydrogen (secondary N) is 1. The molecule has 0 radical (unpaired) electrons. The topological polar surface area (TPSA) is 63.8 Å². The molecule has 0 aliphatic carbocycles. The van der Waals surface area contributed by atoms with Gasteiger partial charge in [-0.05, 0) is 18.9 Å². The summed E-state index contributed by atoms with van der Waals surface area (Å²) in [6.45, 7) is 2.89. The number of hydrogen-bond acceptors (Lipinski definition) is 4. The minimum Gasteiger partial charge on any atom is -0.381 e. The monoisotopic (exact) mass is 228 g/mol. The molecule has 0 unspecified atom stereocenters. The second kappa shape index (κ2) is 5.30. The Morgan fingerprint density at radius 1 is 1.24 bits per heavy atom. The van der Waals surface area contributed by atoms with E-state index in [1.807, 2.05) is 0 Å². The van der Waals surface area contributed by atoms with Gasteiger partial charge in [-0.3, -0.25) is 0 Å². The molecule has 0 amide bonds. The Labute approximate surface area is 101 Å². The van der Waals surface area contributed by atoms with Gasteiger partial charge in [0.25, 0.3) is 0 Å². The summed E-state index contributed by atoms with van der Waals surface area (Å²) >= 11 is 0. The van der Waals surface area contributed by atoms with Crippen LogP contribution in [0.1, 0.15) is 11.1 Å². The summed E-state index contributed by atoms with van der Waals surface area (Å²) in [5.41, 5.74) is 8.27. The Hall–Kier alpha value is -2.10. The average molecular weight is 228 g/mol. The van der Waals surface area contributed by atoms with E-state index in [2.05, 4.69) is 46.5 Å². The van der Waals surface area contributed by atoms with Gasteiger partial charge in [0.2, 0.25) is 0 Å². The molecule has 0 aliphatic rings. The van der Waals surface area contributed by atoms with E-state index in [0.717, 1.165) is 13.0 Å². The zero-order valence-corrected chi connectivity index (χ0v) is 9.85. The molecule has 1 aromatic carbocycles. The van der Waals surface area contributed by atoms with Gasteiger partial charge in [-0.15, -0.1) is 0 Å². The maximum atomic E-state index is 5.69. The summed E-state index contributed by atoms with van der Waals surface area (Å²) in [6.07, 6.45) is 4.16. The number of nitrogens with two attached hydrogens (primary N) is 1. The van der Waals surface area contributed by atoms with E-state index in [9.17, 15) is 0 Å². The van der Waals surface area contributed by atoms with Crippen molar-refractivity contribution in [1.29, 1.82) is 0 Å². The molecule has 3 N–H and O–H groups in total. The van der Waals surface area contributed by atoms with Crippen LogP contribution in [0.3, 0.4) is 0 Å². The molecule has 88 valence electrons. The first-order chi connectivity index (χ1) is 8.25. The lowest BCUT2D eigenvalue weighted by Crippen LogP contribution is -2.09. The molecule has 1 aromatic heterocycles. The van der Waals surface area contributed by atoms with E-state index >= 15 is 0 Å². The molecule has 4 heteroatoms. The molecular weight excluding hydrogens is 212 g/mol. The highest BCUT2D eigenvalue weighted by Crippen LogP contribution is 2.10. The van der Waals surface area contributed by atoms with Crippen molar-refractivity contribution in [2.75, 3.05) is 17.6 Å². The molecule has 0 bridgehead atoms. The van der Waals surface area contributed by atoms with Crippen molar-refractivity contribution in [3.63, 3.8) is 0 Å². The number of rotatable bonds is 4. The van der Waals surface area contributed by atoms with Gasteiger partial charge in [0, 0.05) is 18.9 Å². The molecule has 1 heterocycles. The standard InChI is InChI=1S/C13H16N4/c1-10-3-2-4-11(9-10)5-6-16-13-12(14)15-7-8-17-13/h2-4,7-9H,5-6H2,1H3,(H2,14,15)(H,16,17). The third kappa shape index (κ3) is 3.17. The lowest BCUT2D eigenvalue weighted by molar-refractivity contribution is 0.999.